The van der Waals surface area contributed by atoms with Crippen molar-refractivity contribution >= 4 is 11.6 Å². The maximum absolute atomic E-state index is 12.0. The van der Waals surface area contributed by atoms with Gasteiger partial charge in [-0.1, -0.05) is 12.1 Å². The quantitative estimate of drug-likeness (QED) is 0.815. The summed E-state index contributed by atoms with van der Waals surface area (Å²) in [6.45, 7) is 4.10. The third-order valence-electron chi connectivity index (χ3n) is 2.79. The van der Waals surface area contributed by atoms with E-state index in [4.69, 9.17) is 10.2 Å². The molecule has 0 aliphatic heterocycles. The van der Waals surface area contributed by atoms with Crippen LogP contribution in [0.3, 0.4) is 0 Å². The van der Waals surface area contributed by atoms with Gasteiger partial charge in [-0.25, -0.2) is 0 Å². The zero-order chi connectivity index (χ0) is 13.1. The van der Waals surface area contributed by atoms with Gasteiger partial charge in [0.05, 0.1) is 12.1 Å². The van der Waals surface area contributed by atoms with Crippen LogP contribution < -0.4 is 11.1 Å². The third kappa shape index (κ3) is 2.53. The smallest absolute Gasteiger partial charge is 0.253 e. The van der Waals surface area contributed by atoms with Crippen molar-refractivity contribution in [3.8, 4) is 0 Å². The normalized spacial score (nSPS) is 10.3. The highest BCUT2D eigenvalue weighted by Gasteiger charge is 2.11. The Morgan fingerprint density at radius 2 is 2.06 bits per heavy atom. The summed E-state index contributed by atoms with van der Waals surface area (Å²) in [5.74, 6) is 1.37. The second-order valence-corrected chi connectivity index (χ2v) is 4.23. The molecule has 3 N–H and O–H groups in total. The van der Waals surface area contributed by atoms with Gasteiger partial charge < -0.3 is 15.5 Å². The Labute approximate surface area is 106 Å². The van der Waals surface area contributed by atoms with Crippen LogP contribution in [-0.4, -0.2) is 5.91 Å². The maximum atomic E-state index is 12.0. The monoisotopic (exact) mass is 244 g/mol. The molecule has 18 heavy (non-hydrogen) atoms. The summed E-state index contributed by atoms with van der Waals surface area (Å²) in [6.07, 6.45) is 0. The van der Waals surface area contributed by atoms with Crippen molar-refractivity contribution in [2.75, 3.05) is 5.73 Å². The Morgan fingerprint density at radius 1 is 1.28 bits per heavy atom. The maximum Gasteiger partial charge on any atom is 0.253 e. The number of para-hydroxylation sites is 1. The summed E-state index contributed by atoms with van der Waals surface area (Å²) in [5, 5.41) is 2.78. The Balaban J connectivity index is 2.06. The standard InChI is InChI=1S/C14H16N2O2/c1-9-4-3-5-12(13(9)15)14(17)16-8-11-7-6-10(2)18-11/h3-7H,8,15H2,1-2H3,(H,16,17). The molecule has 1 aromatic carbocycles. The molecule has 0 saturated heterocycles. The molecular formula is C14H16N2O2. The number of carbonyl (C=O) groups excluding carboxylic acids is 1. The molecule has 0 bridgehead atoms. The fourth-order valence-corrected chi connectivity index (χ4v) is 1.72. The fraction of sp³-hybridized carbons (Fsp3) is 0.214. The van der Waals surface area contributed by atoms with E-state index in [0.717, 1.165) is 17.1 Å². The predicted octanol–water partition coefficient (Wildman–Crippen LogP) is 2.41. The Hall–Kier alpha value is -2.23. The van der Waals surface area contributed by atoms with Gasteiger partial charge in [0.1, 0.15) is 11.5 Å². The lowest BCUT2D eigenvalue weighted by Gasteiger charge is -2.08. The molecule has 0 atom stereocenters. The minimum Gasteiger partial charge on any atom is -0.465 e. The van der Waals surface area contributed by atoms with Gasteiger partial charge in [-0.2, -0.15) is 0 Å². The number of anilines is 1. The molecule has 1 aromatic heterocycles. The van der Waals surface area contributed by atoms with Crippen LogP contribution in [0.1, 0.15) is 27.4 Å². The van der Waals surface area contributed by atoms with Gasteiger partial charge in [0, 0.05) is 5.69 Å². The number of aryl methyl sites for hydroxylation is 2. The van der Waals surface area contributed by atoms with Crippen LogP contribution in [0, 0.1) is 13.8 Å². The summed E-state index contributed by atoms with van der Waals surface area (Å²) < 4.78 is 5.38. The third-order valence-corrected chi connectivity index (χ3v) is 2.79. The van der Waals surface area contributed by atoms with Gasteiger partial charge in [0.2, 0.25) is 0 Å². The van der Waals surface area contributed by atoms with E-state index in [0.29, 0.717) is 17.8 Å². The lowest BCUT2D eigenvalue weighted by molar-refractivity contribution is 0.0948. The lowest BCUT2D eigenvalue weighted by Crippen LogP contribution is -2.23. The van der Waals surface area contributed by atoms with Crippen LogP contribution in [0.5, 0.6) is 0 Å². The molecule has 0 unspecified atom stereocenters. The molecule has 0 aliphatic rings. The molecule has 0 fully saturated rings. The Morgan fingerprint density at radius 3 is 2.72 bits per heavy atom. The minimum absolute atomic E-state index is 0.190. The SMILES string of the molecule is Cc1ccc(CNC(=O)c2cccc(C)c2N)o1. The molecular weight excluding hydrogens is 228 g/mol. The van der Waals surface area contributed by atoms with Gasteiger partial charge in [-0.3, -0.25) is 4.79 Å². The van der Waals surface area contributed by atoms with E-state index in [1.807, 2.05) is 38.1 Å². The van der Waals surface area contributed by atoms with Crippen LogP contribution in [0.2, 0.25) is 0 Å². The van der Waals surface area contributed by atoms with E-state index in [9.17, 15) is 4.79 Å². The van der Waals surface area contributed by atoms with E-state index in [-0.39, 0.29) is 5.91 Å². The number of nitrogens with two attached hydrogens (primary N) is 1. The molecule has 1 amide bonds. The van der Waals surface area contributed by atoms with Crippen LogP contribution in [0.4, 0.5) is 5.69 Å². The summed E-state index contributed by atoms with van der Waals surface area (Å²) in [5.41, 5.74) is 7.79. The number of amides is 1. The number of nitrogen functional groups attached to an aromatic ring is 1. The van der Waals surface area contributed by atoms with Crippen molar-refractivity contribution in [3.05, 3.63) is 53.0 Å². The van der Waals surface area contributed by atoms with Crippen LogP contribution in [0.25, 0.3) is 0 Å². The Bertz CT molecular complexity index is 573. The van der Waals surface area contributed by atoms with Crippen LogP contribution >= 0.6 is 0 Å². The van der Waals surface area contributed by atoms with Crippen molar-refractivity contribution in [1.82, 2.24) is 5.32 Å². The highest BCUT2D eigenvalue weighted by molar-refractivity contribution is 5.99. The van der Waals surface area contributed by atoms with Crippen LogP contribution in [0.15, 0.2) is 34.7 Å². The average molecular weight is 244 g/mol. The summed E-state index contributed by atoms with van der Waals surface area (Å²) in [7, 11) is 0. The van der Waals surface area contributed by atoms with Crippen molar-refractivity contribution in [1.29, 1.82) is 0 Å². The number of nitrogens with one attached hydrogen (secondary N) is 1. The first-order valence-corrected chi connectivity index (χ1v) is 5.76. The summed E-state index contributed by atoms with van der Waals surface area (Å²) >= 11 is 0. The topological polar surface area (TPSA) is 68.3 Å². The van der Waals surface area contributed by atoms with Crippen molar-refractivity contribution < 1.29 is 9.21 Å². The van der Waals surface area contributed by atoms with Crippen LogP contribution in [-0.2, 0) is 6.54 Å². The summed E-state index contributed by atoms with van der Waals surface area (Å²) in [4.78, 5) is 12.0. The largest absolute Gasteiger partial charge is 0.465 e. The van der Waals surface area contributed by atoms with Crippen molar-refractivity contribution in [2.24, 2.45) is 0 Å². The number of benzene rings is 1. The Kier molecular flexibility index (Phi) is 3.37. The zero-order valence-corrected chi connectivity index (χ0v) is 10.5. The number of rotatable bonds is 3. The molecule has 4 heteroatoms. The molecule has 94 valence electrons. The van der Waals surface area contributed by atoms with E-state index >= 15 is 0 Å². The molecule has 1 heterocycles. The first kappa shape index (κ1) is 12.2. The van der Waals surface area contributed by atoms with Gasteiger partial charge in [0.25, 0.3) is 5.91 Å². The molecule has 2 aromatic rings. The average Bonchev–Trinajstić information content (AvgIpc) is 2.76. The number of carbonyl (C=O) groups is 1. The molecule has 0 saturated carbocycles. The first-order chi connectivity index (χ1) is 8.58. The van der Waals surface area contributed by atoms with Gasteiger partial charge in [-0.15, -0.1) is 0 Å². The number of furan rings is 1. The predicted molar refractivity (Wildman–Crippen MR) is 70.2 cm³/mol. The molecule has 0 aliphatic carbocycles. The molecule has 2 rings (SSSR count). The van der Waals surface area contributed by atoms with Crippen molar-refractivity contribution in [2.45, 2.75) is 20.4 Å². The molecule has 4 nitrogen and oxygen atoms in total. The van der Waals surface area contributed by atoms with Gasteiger partial charge >= 0.3 is 0 Å². The molecule has 0 radical (unpaired) electrons. The second-order valence-electron chi connectivity index (χ2n) is 4.23. The number of hydrogen-bond donors (Lipinski definition) is 2. The summed E-state index contributed by atoms with van der Waals surface area (Å²) in [6, 6.07) is 9.11. The van der Waals surface area contributed by atoms with E-state index in [2.05, 4.69) is 5.32 Å². The highest BCUT2D eigenvalue weighted by Crippen LogP contribution is 2.16. The zero-order valence-electron chi connectivity index (χ0n) is 10.5. The van der Waals surface area contributed by atoms with E-state index in [1.54, 1.807) is 6.07 Å². The number of hydrogen-bond acceptors (Lipinski definition) is 3. The van der Waals surface area contributed by atoms with Gasteiger partial charge in [-0.05, 0) is 37.6 Å². The van der Waals surface area contributed by atoms with Crippen molar-refractivity contribution in [3.63, 3.8) is 0 Å². The van der Waals surface area contributed by atoms with E-state index < -0.39 is 0 Å². The highest BCUT2D eigenvalue weighted by atomic mass is 16.3. The molecule has 0 spiro atoms. The minimum atomic E-state index is -0.190. The second kappa shape index (κ2) is 4.96. The lowest BCUT2D eigenvalue weighted by atomic mass is 10.1. The first-order valence-electron chi connectivity index (χ1n) is 5.76. The van der Waals surface area contributed by atoms with E-state index in [1.165, 1.54) is 0 Å². The fourth-order valence-electron chi connectivity index (χ4n) is 1.72. The van der Waals surface area contributed by atoms with Gasteiger partial charge in [0.15, 0.2) is 0 Å².